The molecule has 1 aromatic carbocycles. The molecule has 3 N–H and O–H groups in total. The number of amides is 1. The van der Waals surface area contributed by atoms with Crippen LogP contribution in [0.15, 0.2) is 59.7 Å². The van der Waals surface area contributed by atoms with Crippen molar-refractivity contribution in [1.29, 1.82) is 0 Å². The summed E-state index contributed by atoms with van der Waals surface area (Å²) in [5, 5.41) is 9.28. The Kier molecular flexibility index (Phi) is 5.03. The molecule has 1 aliphatic heterocycles. The van der Waals surface area contributed by atoms with Crippen molar-refractivity contribution >= 4 is 11.5 Å². The molecule has 1 saturated heterocycles. The fourth-order valence-electron chi connectivity index (χ4n) is 3.40. The number of rotatable bonds is 4. The van der Waals surface area contributed by atoms with Crippen molar-refractivity contribution in [3.63, 3.8) is 0 Å². The van der Waals surface area contributed by atoms with Crippen LogP contribution < -0.4 is 10.9 Å². The summed E-state index contributed by atoms with van der Waals surface area (Å²) in [5.74, 6) is -0.0909. The Balaban J connectivity index is 1.76. The first-order valence-electron chi connectivity index (χ1n) is 9.23. The minimum Gasteiger partial charge on any atom is -0.350 e. The lowest BCUT2D eigenvalue weighted by Gasteiger charge is -2.14. The number of alkyl halides is 3. The second-order valence-corrected chi connectivity index (χ2v) is 6.97. The van der Waals surface area contributed by atoms with Gasteiger partial charge >= 0.3 is 6.18 Å². The molecule has 1 amide bonds. The molecule has 0 bridgehead atoms. The smallest absolute Gasteiger partial charge is 0.350 e. The largest absolute Gasteiger partial charge is 0.416 e. The second kappa shape index (κ2) is 7.66. The molecule has 6 nitrogen and oxygen atoms in total. The van der Waals surface area contributed by atoms with E-state index >= 15 is 0 Å². The Hall–Kier alpha value is -3.62. The summed E-state index contributed by atoms with van der Waals surface area (Å²) in [6.07, 6.45) is 1.37. The number of hydrogen-bond acceptors (Lipinski definition) is 3. The number of carbonyl (C=O) groups is 1. The van der Waals surface area contributed by atoms with Gasteiger partial charge < -0.3 is 10.3 Å². The molecule has 9 heteroatoms. The summed E-state index contributed by atoms with van der Waals surface area (Å²) in [6, 6.07) is 7.74. The Morgan fingerprint density at radius 2 is 1.87 bits per heavy atom. The number of benzene rings is 1. The first kappa shape index (κ1) is 19.7. The van der Waals surface area contributed by atoms with E-state index in [4.69, 9.17) is 0 Å². The number of nitrogens with zero attached hydrogens (tertiary/aromatic N) is 1. The van der Waals surface area contributed by atoms with E-state index < -0.39 is 11.7 Å². The molecule has 1 atom stereocenters. The third-order valence-electron chi connectivity index (χ3n) is 4.93. The first-order chi connectivity index (χ1) is 14.3. The van der Waals surface area contributed by atoms with Gasteiger partial charge in [-0.05, 0) is 36.2 Å². The summed E-state index contributed by atoms with van der Waals surface area (Å²) >= 11 is 0. The van der Waals surface area contributed by atoms with Crippen LogP contribution in [0.1, 0.15) is 29.7 Å². The summed E-state index contributed by atoms with van der Waals surface area (Å²) in [4.78, 5) is 27.0. The molecule has 4 rings (SSSR count). The van der Waals surface area contributed by atoms with Gasteiger partial charge in [-0.3, -0.25) is 14.7 Å². The molecule has 3 heterocycles. The Morgan fingerprint density at radius 3 is 2.43 bits per heavy atom. The van der Waals surface area contributed by atoms with Gasteiger partial charge in [0.2, 0.25) is 5.91 Å². The Morgan fingerprint density at radius 1 is 1.10 bits per heavy atom. The number of H-pyrrole nitrogens is 2. The number of halogens is 3. The van der Waals surface area contributed by atoms with Gasteiger partial charge in [-0.2, -0.15) is 18.3 Å². The van der Waals surface area contributed by atoms with Crippen LogP contribution in [0.5, 0.6) is 0 Å². The van der Waals surface area contributed by atoms with E-state index in [1.54, 1.807) is 24.4 Å². The minimum absolute atomic E-state index is 0.0909. The molecular formula is C21H17F3N4O2. The van der Waals surface area contributed by atoms with Crippen LogP contribution in [0.3, 0.4) is 0 Å². The van der Waals surface area contributed by atoms with E-state index in [0.29, 0.717) is 40.8 Å². The molecule has 1 fully saturated rings. The van der Waals surface area contributed by atoms with Crippen LogP contribution >= 0.6 is 0 Å². The number of aromatic nitrogens is 3. The van der Waals surface area contributed by atoms with Crippen molar-refractivity contribution in [1.82, 2.24) is 20.5 Å². The molecule has 0 radical (unpaired) electrons. The average molecular weight is 414 g/mol. The van der Waals surface area contributed by atoms with Crippen molar-refractivity contribution in [2.24, 2.45) is 0 Å². The lowest BCUT2D eigenvalue weighted by Crippen LogP contribution is -2.23. The van der Waals surface area contributed by atoms with Gasteiger partial charge in [0.15, 0.2) is 0 Å². The van der Waals surface area contributed by atoms with Crippen LogP contribution in [0.25, 0.3) is 16.7 Å². The SMILES string of the molecule is O=C1CC[C@H](/C=C(\c2ccc(C(F)(F)F)cc2)c2ccc(-c3cn[nH]c3)c(=O)[nH]2)N1. The molecule has 30 heavy (non-hydrogen) atoms. The normalized spacial score (nSPS) is 17.2. The highest BCUT2D eigenvalue weighted by molar-refractivity contribution is 5.82. The number of pyridine rings is 1. The van der Waals surface area contributed by atoms with E-state index in [9.17, 15) is 22.8 Å². The lowest BCUT2D eigenvalue weighted by molar-refractivity contribution is -0.137. The molecule has 0 unspecified atom stereocenters. The molecule has 1 aliphatic rings. The van der Waals surface area contributed by atoms with Crippen LogP contribution in [0, 0.1) is 0 Å². The van der Waals surface area contributed by atoms with Gasteiger partial charge in [-0.15, -0.1) is 0 Å². The highest BCUT2D eigenvalue weighted by Gasteiger charge is 2.30. The number of aromatic amines is 2. The molecular weight excluding hydrogens is 397 g/mol. The van der Waals surface area contributed by atoms with Crippen molar-refractivity contribution in [2.75, 3.05) is 0 Å². The number of carbonyl (C=O) groups excluding carboxylic acids is 1. The third-order valence-corrected chi connectivity index (χ3v) is 4.93. The van der Waals surface area contributed by atoms with Crippen molar-refractivity contribution in [3.8, 4) is 11.1 Å². The van der Waals surface area contributed by atoms with Gasteiger partial charge in [-0.1, -0.05) is 18.2 Å². The zero-order chi connectivity index (χ0) is 21.3. The maximum Gasteiger partial charge on any atom is 0.416 e. The maximum atomic E-state index is 12.9. The van der Waals surface area contributed by atoms with Gasteiger partial charge in [0.05, 0.1) is 17.3 Å². The van der Waals surface area contributed by atoms with Crippen molar-refractivity contribution in [3.05, 3.63) is 82.0 Å². The van der Waals surface area contributed by atoms with E-state index in [-0.39, 0.29) is 17.5 Å². The highest BCUT2D eigenvalue weighted by atomic mass is 19.4. The van der Waals surface area contributed by atoms with Gasteiger partial charge in [0, 0.05) is 35.5 Å². The van der Waals surface area contributed by atoms with Crippen molar-refractivity contribution in [2.45, 2.75) is 25.1 Å². The monoisotopic (exact) mass is 414 g/mol. The van der Waals surface area contributed by atoms with E-state index in [1.807, 2.05) is 0 Å². The van der Waals surface area contributed by atoms with Crippen LogP contribution in [0.4, 0.5) is 13.2 Å². The molecule has 0 aliphatic carbocycles. The molecule has 154 valence electrons. The molecule has 0 saturated carbocycles. The molecule has 3 aromatic rings. The maximum absolute atomic E-state index is 12.9. The van der Waals surface area contributed by atoms with E-state index in [2.05, 4.69) is 20.5 Å². The summed E-state index contributed by atoms with van der Waals surface area (Å²) in [7, 11) is 0. The zero-order valence-corrected chi connectivity index (χ0v) is 15.6. The molecule has 0 spiro atoms. The standard InChI is InChI=1S/C21H17F3N4O2/c22-21(23,24)14-3-1-12(2-4-14)17(9-15-5-8-19(29)27-15)18-7-6-16(20(30)28-18)13-10-25-26-11-13/h1-4,6-7,9-11,15H,5,8H2,(H,25,26)(H,27,29)(H,28,30)/b17-9+/t15-/m1/s1. The topological polar surface area (TPSA) is 90.6 Å². The van der Waals surface area contributed by atoms with Crippen LogP contribution in [0.2, 0.25) is 0 Å². The lowest BCUT2D eigenvalue weighted by atomic mass is 9.97. The van der Waals surface area contributed by atoms with Gasteiger partial charge in [-0.25, -0.2) is 0 Å². The predicted molar refractivity (Wildman–Crippen MR) is 104 cm³/mol. The van der Waals surface area contributed by atoms with Gasteiger partial charge in [0.1, 0.15) is 0 Å². The van der Waals surface area contributed by atoms with E-state index in [1.165, 1.54) is 18.3 Å². The van der Waals surface area contributed by atoms with Crippen LogP contribution in [-0.4, -0.2) is 27.1 Å². The highest BCUT2D eigenvalue weighted by Crippen LogP contribution is 2.31. The quantitative estimate of drug-likeness (QED) is 0.610. The number of hydrogen-bond donors (Lipinski definition) is 3. The fourth-order valence-corrected chi connectivity index (χ4v) is 3.40. The van der Waals surface area contributed by atoms with Crippen molar-refractivity contribution < 1.29 is 18.0 Å². The Labute approximate surface area is 168 Å². The zero-order valence-electron chi connectivity index (χ0n) is 15.6. The third kappa shape index (κ3) is 4.05. The fraction of sp³-hybridized carbons (Fsp3) is 0.190. The summed E-state index contributed by atoms with van der Waals surface area (Å²) in [5.41, 5.74) is 1.38. The number of nitrogens with one attached hydrogen (secondary N) is 3. The van der Waals surface area contributed by atoms with E-state index in [0.717, 1.165) is 12.1 Å². The second-order valence-electron chi connectivity index (χ2n) is 6.97. The van der Waals surface area contributed by atoms with Crippen LogP contribution in [-0.2, 0) is 11.0 Å². The first-order valence-corrected chi connectivity index (χ1v) is 9.23. The average Bonchev–Trinajstić information content (AvgIpc) is 3.37. The Bertz CT molecular complexity index is 1150. The van der Waals surface area contributed by atoms with Gasteiger partial charge in [0.25, 0.3) is 5.56 Å². The summed E-state index contributed by atoms with van der Waals surface area (Å²) < 4.78 is 38.8. The summed E-state index contributed by atoms with van der Waals surface area (Å²) in [6.45, 7) is 0. The predicted octanol–water partition coefficient (Wildman–Crippen LogP) is 3.49. The molecule has 2 aromatic heterocycles. The minimum atomic E-state index is -4.44.